The highest BCUT2D eigenvalue weighted by Gasteiger charge is 2.36. The molecule has 0 amide bonds. The van der Waals surface area contributed by atoms with E-state index in [9.17, 15) is 4.39 Å². The summed E-state index contributed by atoms with van der Waals surface area (Å²) in [5, 5.41) is 2.49. The zero-order chi connectivity index (χ0) is 5.33. The number of rotatable bonds is 1. The first-order valence-corrected chi connectivity index (χ1v) is 2.22. The highest BCUT2D eigenvalue weighted by Crippen LogP contribution is 2.16. The van der Waals surface area contributed by atoms with Crippen molar-refractivity contribution in [1.29, 1.82) is 0 Å². The average Bonchev–Trinajstić information content (AvgIpc) is 1.61. The van der Waals surface area contributed by atoms with Gasteiger partial charge in [0.25, 0.3) is 0 Å². The van der Waals surface area contributed by atoms with Crippen LogP contribution >= 0.6 is 0 Å². The average molecular weight is 105 g/mol. The third kappa shape index (κ3) is 0.737. The molecule has 0 spiro atoms. The maximum atomic E-state index is 12.4. The lowest BCUT2D eigenvalue weighted by Gasteiger charge is -2.32. The Hall–Kier alpha value is -0.150. The van der Waals surface area contributed by atoms with E-state index in [0.717, 1.165) is 0 Å². The van der Waals surface area contributed by atoms with Gasteiger partial charge >= 0.3 is 0 Å². The van der Waals surface area contributed by atoms with Crippen molar-refractivity contribution in [3.8, 4) is 0 Å². The molecule has 1 heterocycles. The van der Waals surface area contributed by atoms with Crippen molar-refractivity contribution in [3.63, 3.8) is 0 Å². The maximum Gasteiger partial charge on any atom is 0.208 e. The van der Waals surface area contributed by atoms with E-state index in [1.807, 2.05) is 0 Å². The lowest BCUT2D eigenvalue weighted by Crippen LogP contribution is -2.55. The van der Waals surface area contributed by atoms with Crippen LogP contribution < -0.4 is 5.32 Å². The summed E-state index contributed by atoms with van der Waals surface area (Å²) in [6.07, 6.45) is 0. The van der Waals surface area contributed by atoms with Gasteiger partial charge in [-0.3, -0.25) is 5.32 Å². The highest BCUT2D eigenvalue weighted by atomic mass is 19.1. The van der Waals surface area contributed by atoms with E-state index in [2.05, 4.69) is 10.1 Å². The molecule has 1 fully saturated rings. The summed E-state index contributed by atoms with van der Waals surface area (Å²) in [5.74, 6) is -1.21. The van der Waals surface area contributed by atoms with Gasteiger partial charge in [-0.25, -0.2) is 4.39 Å². The van der Waals surface area contributed by atoms with Gasteiger partial charge in [-0.2, -0.15) is 0 Å². The summed E-state index contributed by atoms with van der Waals surface area (Å²) in [4.78, 5) is 0. The molecule has 0 unspecified atom stereocenters. The van der Waals surface area contributed by atoms with E-state index in [4.69, 9.17) is 0 Å². The van der Waals surface area contributed by atoms with Crippen LogP contribution in [0.5, 0.6) is 0 Å². The Kier molecular flexibility index (Phi) is 1.01. The number of nitrogens with one attached hydrogen (secondary N) is 1. The standard InChI is InChI=1S/C4H8FNO/c1-6-4(5)2-7-3-4/h6H,2-3H2,1H3. The quantitative estimate of drug-likeness (QED) is 0.470. The van der Waals surface area contributed by atoms with Crippen LogP contribution in [0.2, 0.25) is 0 Å². The van der Waals surface area contributed by atoms with Gasteiger partial charge in [0.1, 0.15) is 0 Å². The molecule has 0 aliphatic carbocycles. The Labute approximate surface area is 41.7 Å². The summed E-state index contributed by atoms with van der Waals surface area (Å²) in [5.41, 5.74) is 0. The van der Waals surface area contributed by atoms with Gasteiger partial charge in [0.15, 0.2) is 0 Å². The first kappa shape index (κ1) is 5.00. The van der Waals surface area contributed by atoms with Crippen molar-refractivity contribution in [3.05, 3.63) is 0 Å². The van der Waals surface area contributed by atoms with Crippen LogP contribution in [0.4, 0.5) is 4.39 Å². The fourth-order valence-electron chi connectivity index (χ4n) is 0.426. The summed E-state index contributed by atoms with van der Waals surface area (Å²) in [6.45, 7) is 0.396. The monoisotopic (exact) mass is 105 g/mol. The Morgan fingerprint density at radius 2 is 2.29 bits per heavy atom. The maximum absolute atomic E-state index is 12.4. The van der Waals surface area contributed by atoms with Crippen molar-refractivity contribution >= 4 is 0 Å². The molecule has 0 bridgehead atoms. The number of ether oxygens (including phenoxy) is 1. The van der Waals surface area contributed by atoms with Gasteiger partial charge in [0, 0.05) is 0 Å². The third-order valence-corrected chi connectivity index (χ3v) is 1.11. The van der Waals surface area contributed by atoms with Crippen LogP contribution in [-0.4, -0.2) is 26.1 Å². The molecule has 0 atom stereocenters. The van der Waals surface area contributed by atoms with E-state index in [-0.39, 0.29) is 13.2 Å². The SMILES string of the molecule is CNC1(F)COC1. The Morgan fingerprint density at radius 3 is 2.29 bits per heavy atom. The van der Waals surface area contributed by atoms with Crippen LogP contribution in [0.1, 0.15) is 0 Å². The van der Waals surface area contributed by atoms with Crippen molar-refractivity contribution < 1.29 is 9.13 Å². The summed E-state index contributed by atoms with van der Waals surface area (Å²) in [6, 6.07) is 0. The van der Waals surface area contributed by atoms with E-state index in [1.54, 1.807) is 7.05 Å². The molecule has 0 radical (unpaired) electrons. The van der Waals surface area contributed by atoms with Gasteiger partial charge in [-0.05, 0) is 7.05 Å². The molecule has 1 rings (SSSR count). The molecule has 1 aliphatic heterocycles. The second-order valence-corrected chi connectivity index (χ2v) is 1.71. The van der Waals surface area contributed by atoms with Crippen LogP contribution in [-0.2, 0) is 4.74 Å². The summed E-state index contributed by atoms with van der Waals surface area (Å²) >= 11 is 0. The molecule has 3 heteroatoms. The molecule has 42 valence electrons. The Bertz CT molecular complexity index is 66.6. The zero-order valence-electron chi connectivity index (χ0n) is 4.20. The third-order valence-electron chi connectivity index (χ3n) is 1.11. The van der Waals surface area contributed by atoms with Crippen molar-refractivity contribution in [2.75, 3.05) is 20.3 Å². The van der Waals surface area contributed by atoms with Crippen molar-refractivity contribution in [1.82, 2.24) is 5.32 Å². The van der Waals surface area contributed by atoms with Crippen LogP contribution in [0, 0.1) is 0 Å². The number of alkyl halides is 1. The molecule has 2 nitrogen and oxygen atoms in total. The van der Waals surface area contributed by atoms with Gasteiger partial charge in [-0.1, -0.05) is 0 Å². The lowest BCUT2D eigenvalue weighted by atomic mass is 10.2. The van der Waals surface area contributed by atoms with Crippen molar-refractivity contribution in [2.45, 2.75) is 5.79 Å². The predicted molar refractivity (Wildman–Crippen MR) is 23.7 cm³/mol. The predicted octanol–water partition coefficient (Wildman–Crippen LogP) is -0.0982. The molecule has 0 aromatic rings. The van der Waals surface area contributed by atoms with Crippen molar-refractivity contribution in [2.24, 2.45) is 0 Å². The normalized spacial score (nSPS) is 26.6. The minimum absolute atomic E-state index is 0.198. The number of halogens is 1. The molecule has 7 heavy (non-hydrogen) atoms. The molecule has 0 aromatic carbocycles. The second-order valence-electron chi connectivity index (χ2n) is 1.71. The molecule has 0 aromatic heterocycles. The second kappa shape index (κ2) is 1.42. The van der Waals surface area contributed by atoms with E-state index in [1.165, 1.54) is 0 Å². The van der Waals surface area contributed by atoms with Gasteiger partial charge < -0.3 is 4.74 Å². The topological polar surface area (TPSA) is 21.3 Å². The minimum Gasteiger partial charge on any atom is -0.372 e. The zero-order valence-corrected chi connectivity index (χ0v) is 4.20. The molecular formula is C4H8FNO. The number of hydrogen-bond donors (Lipinski definition) is 1. The van der Waals surface area contributed by atoms with Crippen LogP contribution in [0.3, 0.4) is 0 Å². The fraction of sp³-hybridized carbons (Fsp3) is 1.00. The highest BCUT2D eigenvalue weighted by molar-refractivity contribution is 4.80. The molecule has 0 saturated carbocycles. The Morgan fingerprint density at radius 1 is 1.71 bits per heavy atom. The van der Waals surface area contributed by atoms with E-state index in [0.29, 0.717) is 0 Å². The van der Waals surface area contributed by atoms with E-state index < -0.39 is 5.79 Å². The first-order chi connectivity index (χ1) is 3.27. The molecule has 1 N–H and O–H groups in total. The van der Waals surface area contributed by atoms with Crippen LogP contribution in [0.15, 0.2) is 0 Å². The number of likely N-dealkylation sites (N-methyl/N-ethyl adjacent to an activating group) is 1. The van der Waals surface area contributed by atoms with E-state index >= 15 is 0 Å². The van der Waals surface area contributed by atoms with Gasteiger partial charge in [-0.15, -0.1) is 0 Å². The molecular weight excluding hydrogens is 97.0 g/mol. The molecule has 1 aliphatic rings. The lowest BCUT2D eigenvalue weighted by molar-refractivity contribution is -0.144. The van der Waals surface area contributed by atoms with Gasteiger partial charge in [0.05, 0.1) is 13.2 Å². The summed E-state index contributed by atoms with van der Waals surface area (Å²) in [7, 11) is 1.59. The first-order valence-electron chi connectivity index (χ1n) is 2.22. The minimum atomic E-state index is -1.21. The van der Waals surface area contributed by atoms with Gasteiger partial charge in [0.2, 0.25) is 5.79 Å². The van der Waals surface area contributed by atoms with Crippen LogP contribution in [0.25, 0.3) is 0 Å². The Balaban J connectivity index is 2.29. The number of hydrogen-bond acceptors (Lipinski definition) is 2. The smallest absolute Gasteiger partial charge is 0.208 e. The fourth-order valence-corrected chi connectivity index (χ4v) is 0.426. The summed E-state index contributed by atoms with van der Waals surface area (Å²) < 4.78 is 17.0. The molecule has 1 saturated heterocycles. The largest absolute Gasteiger partial charge is 0.372 e.